The van der Waals surface area contributed by atoms with Gasteiger partial charge in [0.05, 0.1) is 24.9 Å². The molecule has 0 aliphatic carbocycles. The summed E-state index contributed by atoms with van der Waals surface area (Å²) in [5.41, 5.74) is 3.86. The Morgan fingerprint density at radius 3 is 2.34 bits per heavy atom. The number of phosphoric ester groups is 2. The average Bonchev–Trinajstić information content (AvgIpc) is 3.02. The van der Waals surface area contributed by atoms with Crippen LogP contribution in [0.25, 0.3) is 0 Å². The molecule has 1 aromatic rings. The lowest BCUT2D eigenvalue weighted by atomic mass is 9.98. The molecule has 200 valence electrons. The normalized spacial score (nSPS) is 39.1. The van der Waals surface area contributed by atoms with E-state index >= 15 is 0 Å². The second-order valence-electron chi connectivity index (χ2n) is 7.75. The topological polar surface area (TPSA) is 283 Å². The van der Waals surface area contributed by atoms with Crippen molar-refractivity contribution in [1.29, 1.82) is 0 Å². The van der Waals surface area contributed by atoms with Gasteiger partial charge in [-0.1, -0.05) is 0 Å². The first kappa shape index (κ1) is 28.2. The van der Waals surface area contributed by atoms with E-state index in [-0.39, 0.29) is 0 Å². The maximum atomic E-state index is 12.2. The first-order valence-corrected chi connectivity index (χ1v) is 12.9. The summed E-state index contributed by atoms with van der Waals surface area (Å²) in [6.45, 7) is 0.350. The van der Waals surface area contributed by atoms with Gasteiger partial charge in [-0.15, -0.1) is 0 Å². The number of ether oxygens (including phenoxy) is 2. The van der Waals surface area contributed by atoms with Crippen molar-refractivity contribution >= 4 is 15.6 Å². The molecular weight excluding hydrogens is 524 g/mol. The van der Waals surface area contributed by atoms with Crippen molar-refractivity contribution in [3.8, 4) is 0 Å². The fraction of sp³-hybridized carbons (Fsp3) is 0.733. The van der Waals surface area contributed by atoms with Gasteiger partial charge in [0.25, 0.3) is 5.56 Å². The van der Waals surface area contributed by atoms with Crippen LogP contribution in [0.2, 0.25) is 0 Å². The number of aliphatic hydroxyl groups is 4. The lowest BCUT2D eigenvalue weighted by molar-refractivity contribution is -0.240. The number of H-pyrrole nitrogens is 1. The van der Waals surface area contributed by atoms with Crippen molar-refractivity contribution < 1.29 is 62.2 Å². The molecule has 2 aliphatic rings. The summed E-state index contributed by atoms with van der Waals surface area (Å²) < 4.78 is 48.6. The van der Waals surface area contributed by atoms with E-state index in [1.54, 1.807) is 0 Å². The van der Waals surface area contributed by atoms with E-state index in [2.05, 4.69) is 13.4 Å². The van der Waals surface area contributed by atoms with E-state index in [0.717, 1.165) is 16.8 Å². The molecule has 0 amide bonds. The molecule has 2 fully saturated rings. The molecule has 1 aromatic heterocycles. The van der Waals surface area contributed by atoms with Crippen LogP contribution in [0.15, 0.2) is 21.9 Å². The van der Waals surface area contributed by atoms with E-state index in [0.29, 0.717) is 0 Å². The number of aliphatic hydroxyl groups excluding tert-OH is 4. The van der Waals surface area contributed by atoms with Crippen LogP contribution < -0.4 is 17.0 Å². The highest BCUT2D eigenvalue weighted by atomic mass is 31.3. The lowest BCUT2D eigenvalue weighted by Crippen LogP contribution is -2.60. The van der Waals surface area contributed by atoms with E-state index in [9.17, 15) is 48.9 Å². The van der Waals surface area contributed by atoms with Gasteiger partial charge in [0.15, 0.2) is 12.5 Å². The van der Waals surface area contributed by atoms with Crippen LogP contribution in [0.3, 0.4) is 0 Å². The van der Waals surface area contributed by atoms with Gasteiger partial charge in [0.2, 0.25) is 0 Å². The van der Waals surface area contributed by atoms with Gasteiger partial charge in [-0.2, -0.15) is 4.31 Å². The molecule has 2 saturated heterocycles. The first-order chi connectivity index (χ1) is 16.1. The minimum Gasteiger partial charge on any atom is -0.389 e. The predicted octanol–water partition coefficient (Wildman–Crippen LogP) is -3.80. The van der Waals surface area contributed by atoms with Crippen LogP contribution in [0.5, 0.6) is 0 Å². The summed E-state index contributed by atoms with van der Waals surface area (Å²) in [4.78, 5) is 44.6. The molecule has 0 spiro atoms. The third kappa shape index (κ3) is 6.51. The Labute approximate surface area is 195 Å². The van der Waals surface area contributed by atoms with E-state index in [4.69, 9.17) is 15.2 Å². The Hall–Kier alpha value is -1.34. The Balaban J connectivity index is 1.61. The van der Waals surface area contributed by atoms with E-state index in [1.165, 1.54) is 6.92 Å². The molecule has 18 nitrogen and oxygen atoms in total. The molecule has 0 aromatic carbocycles. The average molecular weight is 549 g/mol. The van der Waals surface area contributed by atoms with Gasteiger partial charge in [-0.3, -0.25) is 23.4 Å². The Bertz CT molecular complexity index is 1110. The quantitative estimate of drug-likeness (QED) is 0.144. The van der Waals surface area contributed by atoms with Crippen LogP contribution in [0.1, 0.15) is 13.2 Å². The highest BCUT2D eigenvalue weighted by molar-refractivity contribution is 7.61. The summed E-state index contributed by atoms with van der Waals surface area (Å²) in [5.74, 6) is 0. The van der Waals surface area contributed by atoms with Crippen molar-refractivity contribution in [2.24, 2.45) is 5.73 Å². The van der Waals surface area contributed by atoms with Gasteiger partial charge in [-0.25, -0.2) is 13.9 Å². The summed E-state index contributed by atoms with van der Waals surface area (Å²) in [6.07, 6.45) is -11.6. The van der Waals surface area contributed by atoms with Gasteiger partial charge in [0, 0.05) is 12.3 Å². The minimum absolute atomic E-state index is 0.730. The summed E-state index contributed by atoms with van der Waals surface area (Å²) >= 11 is 0. The van der Waals surface area contributed by atoms with Gasteiger partial charge >= 0.3 is 21.3 Å². The molecule has 2 aliphatic heterocycles. The van der Waals surface area contributed by atoms with Gasteiger partial charge in [0.1, 0.15) is 24.4 Å². The number of aromatic amines is 1. The van der Waals surface area contributed by atoms with Crippen LogP contribution >= 0.6 is 15.6 Å². The van der Waals surface area contributed by atoms with Crippen molar-refractivity contribution in [3.05, 3.63) is 33.1 Å². The standard InChI is InChI=1S/C15H25N3O15P2/c1-5-9(20)8(16)11(22)14(30-5)32-35(27,28)33-34(25,26)29-4-6-10(21)12(23)13(31-6)18-3-2-7(19)17-15(18)24/h2-3,5-6,8-14,20-23H,4,16H2,1H3,(H,25,26)(H,27,28)(H,17,19,24). The highest BCUT2D eigenvalue weighted by Gasteiger charge is 2.48. The molecule has 35 heavy (non-hydrogen) atoms. The van der Waals surface area contributed by atoms with Gasteiger partial charge in [-0.05, 0) is 6.92 Å². The highest BCUT2D eigenvalue weighted by Crippen LogP contribution is 2.61. The molecule has 0 bridgehead atoms. The zero-order valence-electron chi connectivity index (χ0n) is 17.8. The maximum absolute atomic E-state index is 12.2. The summed E-state index contributed by atoms with van der Waals surface area (Å²) in [7, 11) is -10.8. The smallest absolute Gasteiger partial charge is 0.389 e. The molecular formula is C15H25N3O15P2. The number of phosphoric acid groups is 2. The number of nitrogens with one attached hydrogen (secondary N) is 1. The maximum Gasteiger partial charge on any atom is 0.483 e. The number of hydrogen-bond acceptors (Lipinski definition) is 14. The third-order valence-corrected chi connectivity index (χ3v) is 7.81. The van der Waals surface area contributed by atoms with Crippen molar-refractivity contribution in [2.45, 2.75) is 62.1 Å². The largest absolute Gasteiger partial charge is 0.483 e. The summed E-state index contributed by atoms with van der Waals surface area (Å²) in [5, 5.41) is 39.9. The van der Waals surface area contributed by atoms with Crippen molar-refractivity contribution in [2.75, 3.05) is 6.61 Å². The monoisotopic (exact) mass is 549 g/mol. The Morgan fingerprint density at radius 2 is 1.71 bits per heavy atom. The molecule has 3 heterocycles. The van der Waals surface area contributed by atoms with Crippen LogP contribution in [0, 0.1) is 0 Å². The van der Waals surface area contributed by atoms with Crippen molar-refractivity contribution in [3.63, 3.8) is 0 Å². The van der Waals surface area contributed by atoms with Crippen LogP contribution in [-0.2, 0) is 32.0 Å². The molecule has 20 heteroatoms. The molecule has 9 N–H and O–H groups in total. The fourth-order valence-electron chi connectivity index (χ4n) is 3.35. The zero-order valence-corrected chi connectivity index (χ0v) is 19.6. The lowest BCUT2D eigenvalue weighted by Gasteiger charge is -2.39. The summed E-state index contributed by atoms with van der Waals surface area (Å²) in [6, 6.07) is -0.389. The molecule has 3 rings (SSSR count). The Kier molecular flexibility index (Phi) is 8.52. The van der Waals surface area contributed by atoms with E-state index in [1.807, 2.05) is 4.98 Å². The van der Waals surface area contributed by atoms with Crippen LogP contribution in [0.4, 0.5) is 0 Å². The second-order valence-corrected chi connectivity index (χ2v) is 10.7. The number of nitrogens with two attached hydrogens (primary N) is 1. The predicted molar refractivity (Wildman–Crippen MR) is 109 cm³/mol. The SMILES string of the molecule is CC1OC(OP(=O)(O)OP(=O)(O)OCC2OC(n3ccc(=O)[nH]c3=O)C(O)C2O)C(O)C(N)C1O. The first-order valence-electron chi connectivity index (χ1n) is 9.92. The molecule has 0 saturated carbocycles. The van der Waals surface area contributed by atoms with Gasteiger partial charge < -0.3 is 45.4 Å². The number of aromatic nitrogens is 2. The third-order valence-electron chi connectivity index (χ3n) is 5.21. The number of nitrogens with zero attached hydrogens (tertiary/aromatic N) is 1. The minimum atomic E-state index is -5.44. The fourth-order valence-corrected chi connectivity index (χ4v) is 5.51. The zero-order chi connectivity index (χ0) is 26.3. The molecule has 11 atom stereocenters. The van der Waals surface area contributed by atoms with Crippen LogP contribution in [-0.4, -0.2) is 95.3 Å². The number of hydrogen-bond donors (Lipinski definition) is 8. The Morgan fingerprint density at radius 1 is 1.06 bits per heavy atom. The molecule has 0 radical (unpaired) electrons. The molecule has 11 unspecified atom stereocenters. The number of rotatable bonds is 8. The van der Waals surface area contributed by atoms with Crippen molar-refractivity contribution in [1.82, 2.24) is 9.55 Å². The second kappa shape index (κ2) is 10.6. The van der Waals surface area contributed by atoms with E-state index < -0.39 is 88.7 Å².